The third-order valence-electron chi connectivity index (χ3n) is 4.51. The van der Waals surface area contributed by atoms with E-state index in [0.29, 0.717) is 18.8 Å². The molecule has 1 amide bonds. The molecule has 0 unspecified atom stereocenters. The molecule has 1 N–H and O–H groups in total. The summed E-state index contributed by atoms with van der Waals surface area (Å²) < 4.78 is 40.7. The van der Waals surface area contributed by atoms with E-state index in [1.165, 1.54) is 10.4 Å². The summed E-state index contributed by atoms with van der Waals surface area (Å²) in [5.41, 5.74) is 2.70. The van der Waals surface area contributed by atoms with Gasteiger partial charge in [0.25, 0.3) is 5.91 Å². The van der Waals surface area contributed by atoms with Gasteiger partial charge in [0.15, 0.2) is 0 Å². The Morgan fingerprint density at radius 1 is 1.08 bits per heavy atom. The molecule has 138 valence electrons. The number of aryl methyl sites for hydroxylation is 2. The zero-order valence-electron chi connectivity index (χ0n) is 14.8. The van der Waals surface area contributed by atoms with Crippen molar-refractivity contribution in [3.8, 4) is 0 Å². The van der Waals surface area contributed by atoms with Crippen LogP contribution in [0.5, 0.6) is 0 Å². The van der Waals surface area contributed by atoms with Crippen LogP contribution in [-0.4, -0.2) is 31.7 Å². The van der Waals surface area contributed by atoms with E-state index in [9.17, 15) is 17.6 Å². The van der Waals surface area contributed by atoms with Gasteiger partial charge >= 0.3 is 0 Å². The van der Waals surface area contributed by atoms with Crippen LogP contribution in [0.15, 0.2) is 41.3 Å². The minimum atomic E-state index is -3.93. The highest BCUT2D eigenvalue weighted by Gasteiger charge is 2.30. The van der Waals surface area contributed by atoms with Gasteiger partial charge in [-0.05, 0) is 56.5 Å². The van der Waals surface area contributed by atoms with E-state index < -0.39 is 26.6 Å². The lowest BCUT2D eigenvalue weighted by Gasteiger charge is -2.16. The molecule has 2 aromatic rings. The quantitative estimate of drug-likeness (QED) is 0.888. The van der Waals surface area contributed by atoms with E-state index in [1.54, 1.807) is 6.07 Å². The van der Waals surface area contributed by atoms with Gasteiger partial charge in [-0.1, -0.05) is 17.7 Å². The smallest absolute Gasteiger partial charge is 0.255 e. The first-order valence-corrected chi connectivity index (χ1v) is 9.91. The van der Waals surface area contributed by atoms with Crippen LogP contribution in [0, 0.1) is 19.7 Å². The number of halogens is 1. The molecule has 1 aliphatic rings. The molecule has 0 spiro atoms. The Morgan fingerprint density at radius 2 is 1.77 bits per heavy atom. The summed E-state index contributed by atoms with van der Waals surface area (Å²) in [6.45, 7) is 4.58. The van der Waals surface area contributed by atoms with Crippen molar-refractivity contribution in [2.75, 3.05) is 18.4 Å². The summed E-state index contributed by atoms with van der Waals surface area (Å²) in [6.07, 6.45) is 1.52. The molecule has 1 fully saturated rings. The number of carbonyl (C=O) groups is 1. The number of nitrogens with zero attached hydrogens (tertiary/aromatic N) is 1. The maximum Gasteiger partial charge on any atom is 0.255 e. The minimum Gasteiger partial charge on any atom is -0.322 e. The number of benzene rings is 2. The maximum absolute atomic E-state index is 14.2. The number of amides is 1. The molecule has 1 saturated heterocycles. The average Bonchev–Trinajstić information content (AvgIpc) is 3.13. The summed E-state index contributed by atoms with van der Waals surface area (Å²) >= 11 is 0. The van der Waals surface area contributed by atoms with E-state index in [1.807, 2.05) is 26.0 Å². The predicted octanol–water partition coefficient (Wildman–Crippen LogP) is 3.48. The molecule has 7 heteroatoms. The van der Waals surface area contributed by atoms with Crippen molar-refractivity contribution in [2.24, 2.45) is 0 Å². The molecule has 0 bridgehead atoms. The third-order valence-corrected chi connectivity index (χ3v) is 6.42. The molecule has 0 aliphatic carbocycles. The first-order valence-electron chi connectivity index (χ1n) is 8.47. The monoisotopic (exact) mass is 376 g/mol. The SMILES string of the molecule is Cc1ccc(NC(=O)c2ccc(F)c(S(=O)(=O)N3CCCC3)c2)c(C)c1. The fourth-order valence-corrected chi connectivity index (χ4v) is 4.67. The summed E-state index contributed by atoms with van der Waals surface area (Å²) in [5, 5.41) is 2.75. The number of carbonyl (C=O) groups excluding carboxylic acids is 1. The predicted molar refractivity (Wildman–Crippen MR) is 98.3 cm³/mol. The zero-order chi connectivity index (χ0) is 18.9. The largest absolute Gasteiger partial charge is 0.322 e. The summed E-state index contributed by atoms with van der Waals surface area (Å²) in [5.74, 6) is -1.32. The minimum absolute atomic E-state index is 0.101. The summed E-state index contributed by atoms with van der Waals surface area (Å²) in [4.78, 5) is 12.1. The highest BCUT2D eigenvalue weighted by Crippen LogP contribution is 2.25. The molecule has 1 aliphatic heterocycles. The second-order valence-corrected chi connectivity index (χ2v) is 8.44. The van der Waals surface area contributed by atoms with Gasteiger partial charge in [0.1, 0.15) is 10.7 Å². The summed E-state index contributed by atoms with van der Waals surface area (Å²) in [7, 11) is -3.93. The Morgan fingerprint density at radius 3 is 2.42 bits per heavy atom. The van der Waals surface area contributed by atoms with Crippen LogP contribution in [0.1, 0.15) is 34.3 Å². The Hall–Kier alpha value is -2.25. The number of sulfonamides is 1. The van der Waals surface area contributed by atoms with Crippen LogP contribution in [0.2, 0.25) is 0 Å². The fourth-order valence-electron chi connectivity index (χ4n) is 3.06. The second kappa shape index (κ2) is 7.17. The van der Waals surface area contributed by atoms with Crippen molar-refractivity contribution in [3.05, 3.63) is 58.9 Å². The van der Waals surface area contributed by atoms with Gasteiger partial charge in [-0.2, -0.15) is 4.31 Å². The molecule has 26 heavy (non-hydrogen) atoms. The van der Waals surface area contributed by atoms with Crippen molar-refractivity contribution in [3.63, 3.8) is 0 Å². The summed E-state index contributed by atoms with van der Waals surface area (Å²) in [6, 6.07) is 9.02. The molecule has 0 atom stereocenters. The van der Waals surface area contributed by atoms with E-state index in [0.717, 1.165) is 36.1 Å². The average molecular weight is 376 g/mol. The van der Waals surface area contributed by atoms with Crippen molar-refractivity contribution in [2.45, 2.75) is 31.6 Å². The Labute approximate surface area is 152 Å². The van der Waals surface area contributed by atoms with E-state index >= 15 is 0 Å². The van der Waals surface area contributed by atoms with E-state index in [4.69, 9.17) is 0 Å². The lowest BCUT2D eigenvalue weighted by molar-refractivity contribution is 0.102. The molecular formula is C19H21FN2O3S. The van der Waals surface area contributed by atoms with Crippen LogP contribution in [-0.2, 0) is 10.0 Å². The normalized spacial score (nSPS) is 15.2. The lowest BCUT2D eigenvalue weighted by atomic mass is 10.1. The first kappa shape index (κ1) is 18.5. The Kier molecular flexibility index (Phi) is 5.11. The lowest BCUT2D eigenvalue weighted by Crippen LogP contribution is -2.29. The maximum atomic E-state index is 14.2. The van der Waals surface area contributed by atoms with E-state index in [-0.39, 0.29) is 5.56 Å². The second-order valence-electron chi connectivity index (χ2n) is 6.53. The van der Waals surface area contributed by atoms with Crippen LogP contribution >= 0.6 is 0 Å². The van der Waals surface area contributed by atoms with Crippen LogP contribution < -0.4 is 5.32 Å². The molecular weight excluding hydrogens is 355 g/mol. The van der Waals surface area contributed by atoms with Crippen molar-refractivity contribution in [1.29, 1.82) is 0 Å². The molecule has 0 radical (unpaired) electrons. The van der Waals surface area contributed by atoms with E-state index in [2.05, 4.69) is 5.32 Å². The van der Waals surface area contributed by atoms with Gasteiger partial charge in [-0.15, -0.1) is 0 Å². The highest BCUT2D eigenvalue weighted by atomic mass is 32.2. The van der Waals surface area contributed by atoms with Gasteiger partial charge in [0.2, 0.25) is 10.0 Å². The highest BCUT2D eigenvalue weighted by molar-refractivity contribution is 7.89. The third kappa shape index (κ3) is 3.64. The van der Waals surface area contributed by atoms with Gasteiger partial charge in [0, 0.05) is 24.3 Å². The van der Waals surface area contributed by atoms with Crippen LogP contribution in [0.3, 0.4) is 0 Å². The van der Waals surface area contributed by atoms with Crippen molar-refractivity contribution in [1.82, 2.24) is 4.31 Å². The first-order chi connectivity index (χ1) is 12.3. The van der Waals surface area contributed by atoms with Crippen molar-refractivity contribution < 1.29 is 17.6 Å². The number of hydrogen-bond acceptors (Lipinski definition) is 3. The number of anilines is 1. The fraction of sp³-hybridized carbons (Fsp3) is 0.316. The molecule has 5 nitrogen and oxygen atoms in total. The standard InChI is InChI=1S/C19H21FN2O3S/c1-13-5-8-17(14(2)11-13)21-19(23)15-6-7-16(20)18(12-15)26(24,25)22-9-3-4-10-22/h5-8,11-12H,3-4,9-10H2,1-2H3,(H,21,23). The number of hydrogen-bond donors (Lipinski definition) is 1. The molecule has 1 heterocycles. The molecule has 3 rings (SSSR count). The Bertz CT molecular complexity index is 951. The van der Waals surface area contributed by atoms with Gasteiger partial charge in [0.05, 0.1) is 0 Å². The molecule has 0 aromatic heterocycles. The topological polar surface area (TPSA) is 66.5 Å². The Balaban J connectivity index is 1.90. The van der Waals surface area contributed by atoms with Crippen LogP contribution in [0.4, 0.5) is 10.1 Å². The van der Waals surface area contributed by atoms with Gasteiger partial charge in [-0.3, -0.25) is 4.79 Å². The van der Waals surface area contributed by atoms with Gasteiger partial charge < -0.3 is 5.32 Å². The van der Waals surface area contributed by atoms with Crippen LogP contribution in [0.25, 0.3) is 0 Å². The number of rotatable bonds is 4. The van der Waals surface area contributed by atoms with Crippen molar-refractivity contribution >= 4 is 21.6 Å². The zero-order valence-corrected chi connectivity index (χ0v) is 15.6. The molecule has 2 aromatic carbocycles. The number of nitrogens with one attached hydrogen (secondary N) is 1. The van der Waals surface area contributed by atoms with Gasteiger partial charge in [-0.25, -0.2) is 12.8 Å². The molecule has 0 saturated carbocycles.